The van der Waals surface area contributed by atoms with Crippen molar-refractivity contribution in [2.45, 2.75) is 69.8 Å². The molecule has 2 saturated heterocycles. The van der Waals surface area contributed by atoms with Gasteiger partial charge in [-0.15, -0.1) is 0 Å². The molecule has 192 valence electrons. The Morgan fingerprint density at radius 3 is 2.63 bits per heavy atom. The number of carbonyl (C=O) groups excluding carboxylic acids is 3. The van der Waals surface area contributed by atoms with Crippen LogP contribution >= 0.6 is 0 Å². The maximum Gasteiger partial charge on any atom is 0.410 e. The van der Waals surface area contributed by atoms with Gasteiger partial charge in [0.1, 0.15) is 17.6 Å². The van der Waals surface area contributed by atoms with E-state index in [0.717, 1.165) is 25.4 Å². The number of likely N-dealkylation sites (tertiary alicyclic amines) is 1. The van der Waals surface area contributed by atoms with Gasteiger partial charge in [-0.25, -0.2) is 14.0 Å². The normalized spacial score (nSPS) is 23.4. The van der Waals surface area contributed by atoms with Gasteiger partial charge in [-0.3, -0.25) is 14.5 Å². The van der Waals surface area contributed by atoms with E-state index >= 15 is 0 Å². The average molecular weight is 494 g/mol. The second-order valence-corrected chi connectivity index (χ2v) is 8.97. The molecule has 1 aromatic carbocycles. The van der Waals surface area contributed by atoms with Crippen molar-refractivity contribution in [1.29, 1.82) is 0 Å². The first-order valence-corrected chi connectivity index (χ1v) is 11.7. The molecule has 4 atom stereocenters. The second kappa shape index (κ2) is 11.0. The molecule has 2 unspecified atom stereocenters. The van der Waals surface area contributed by atoms with E-state index in [-0.39, 0.29) is 25.3 Å². The van der Waals surface area contributed by atoms with Crippen LogP contribution in [0.4, 0.5) is 9.18 Å². The lowest BCUT2D eigenvalue weighted by atomic mass is 9.91. The molecule has 0 radical (unpaired) electrons. The zero-order valence-corrected chi connectivity index (χ0v) is 20.2. The number of rotatable bonds is 8. The van der Waals surface area contributed by atoms with Gasteiger partial charge in [-0.05, 0) is 56.8 Å². The quantitative estimate of drug-likeness (QED) is 0.526. The van der Waals surface area contributed by atoms with E-state index in [4.69, 9.17) is 9.47 Å². The molecule has 2 fully saturated rings. The molecule has 11 heteroatoms. The van der Waals surface area contributed by atoms with Gasteiger partial charge in [-0.2, -0.15) is 0 Å². The number of halogens is 1. The smallest absolute Gasteiger partial charge is 0.410 e. The molecule has 0 aromatic heterocycles. The summed E-state index contributed by atoms with van der Waals surface area (Å²) in [5.41, 5.74) is -1.08. The molecule has 2 amide bonds. The van der Waals surface area contributed by atoms with E-state index in [1.165, 1.54) is 30.0 Å². The molecular formula is C24H32FN3O7. The summed E-state index contributed by atoms with van der Waals surface area (Å²) < 4.78 is 24.2. The van der Waals surface area contributed by atoms with Gasteiger partial charge in [0.15, 0.2) is 6.04 Å². The van der Waals surface area contributed by atoms with Crippen molar-refractivity contribution in [3.8, 4) is 0 Å². The average Bonchev–Trinajstić information content (AvgIpc) is 3.46. The number of hydrogen-bond donors (Lipinski definition) is 2. The van der Waals surface area contributed by atoms with E-state index in [2.05, 4.69) is 5.32 Å². The predicted molar refractivity (Wildman–Crippen MR) is 122 cm³/mol. The Balaban J connectivity index is 2.16. The van der Waals surface area contributed by atoms with E-state index in [0.29, 0.717) is 24.9 Å². The fourth-order valence-corrected chi connectivity index (χ4v) is 5.27. The van der Waals surface area contributed by atoms with Crippen LogP contribution in [0.15, 0.2) is 24.3 Å². The summed E-state index contributed by atoms with van der Waals surface area (Å²) in [4.78, 5) is 53.4. The number of nitrogens with zero attached hydrogens (tertiary/aromatic N) is 2. The van der Waals surface area contributed by atoms with Gasteiger partial charge in [0, 0.05) is 19.9 Å². The molecule has 2 N–H and O–H groups in total. The van der Waals surface area contributed by atoms with Crippen LogP contribution in [0.3, 0.4) is 0 Å². The standard InChI is InChI=1S/C24H32FN3O7/c1-15(35-16(2)29)20(22(31)34-3)28(23(32)33)24(14-17-7-4-8-18(25)13-17)10-6-12-27(24)21(30)19-9-5-11-26-19/h4,7-8,13,15,19-20,26H,5-6,9-12,14H2,1-3H3,(H,32,33)/t15-,19?,20+,24?/m1/s1. The largest absolute Gasteiger partial charge is 0.467 e. The van der Waals surface area contributed by atoms with Crippen LogP contribution in [-0.4, -0.2) is 82.9 Å². The Kier molecular flexibility index (Phi) is 8.31. The van der Waals surface area contributed by atoms with Crippen LogP contribution in [0, 0.1) is 5.82 Å². The number of methoxy groups -OCH3 is 1. The summed E-state index contributed by atoms with van der Waals surface area (Å²) in [5, 5.41) is 13.6. The third kappa shape index (κ3) is 5.55. The number of amides is 2. The third-order valence-electron chi connectivity index (χ3n) is 6.63. The number of ether oxygens (including phenoxy) is 2. The van der Waals surface area contributed by atoms with Gasteiger partial charge in [0.25, 0.3) is 0 Å². The highest BCUT2D eigenvalue weighted by atomic mass is 19.1. The lowest BCUT2D eigenvalue weighted by Crippen LogP contribution is -2.69. The zero-order chi connectivity index (χ0) is 25.8. The first kappa shape index (κ1) is 26.4. The lowest BCUT2D eigenvalue weighted by molar-refractivity contribution is -0.170. The fraction of sp³-hybridized carbons (Fsp3) is 0.583. The molecule has 2 heterocycles. The maximum absolute atomic E-state index is 14.1. The lowest BCUT2D eigenvalue weighted by Gasteiger charge is -2.49. The van der Waals surface area contributed by atoms with Gasteiger partial charge in [0.05, 0.1) is 13.2 Å². The minimum absolute atomic E-state index is 0.0597. The zero-order valence-electron chi connectivity index (χ0n) is 20.2. The van der Waals surface area contributed by atoms with Crippen molar-refractivity contribution in [3.63, 3.8) is 0 Å². The van der Waals surface area contributed by atoms with Crippen LogP contribution in [0.25, 0.3) is 0 Å². The molecule has 0 spiro atoms. The summed E-state index contributed by atoms with van der Waals surface area (Å²) in [6.07, 6.45) is -0.684. The molecule has 0 bridgehead atoms. The number of carboxylic acid groups (broad SMARTS) is 1. The van der Waals surface area contributed by atoms with Gasteiger partial charge in [-0.1, -0.05) is 12.1 Å². The van der Waals surface area contributed by atoms with Gasteiger partial charge in [0.2, 0.25) is 5.91 Å². The topological polar surface area (TPSA) is 125 Å². The van der Waals surface area contributed by atoms with Crippen molar-refractivity contribution < 1.29 is 38.1 Å². The van der Waals surface area contributed by atoms with Crippen molar-refractivity contribution >= 4 is 23.9 Å². The minimum atomic E-state index is -1.56. The monoisotopic (exact) mass is 493 g/mol. The second-order valence-electron chi connectivity index (χ2n) is 8.97. The highest BCUT2D eigenvalue weighted by Crippen LogP contribution is 2.40. The highest BCUT2D eigenvalue weighted by molar-refractivity contribution is 5.86. The number of carbonyl (C=O) groups is 4. The summed E-state index contributed by atoms with van der Waals surface area (Å²) in [6.45, 7) is 3.47. The fourth-order valence-electron chi connectivity index (χ4n) is 5.27. The van der Waals surface area contributed by atoms with Crippen LogP contribution in [0.1, 0.15) is 45.1 Å². The molecular weight excluding hydrogens is 461 g/mol. The molecule has 0 saturated carbocycles. The van der Waals surface area contributed by atoms with Crippen LogP contribution in [0.5, 0.6) is 0 Å². The van der Waals surface area contributed by atoms with Gasteiger partial charge >= 0.3 is 18.0 Å². The van der Waals surface area contributed by atoms with Crippen LogP contribution in [-0.2, 0) is 30.3 Å². The summed E-state index contributed by atoms with van der Waals surface area (Å²) in [7, 11) is 1.11. The number of benzene rings is 1. The summed E-state index contributed by atoms with van der Waals surface area (Å²) in [6, 6.07) is 3.65. The van der Waals surface area contributed by atoms with Crippen molar-refractivity contribution in [3.05, 3.63) is 35.6 Å². The van der Waals surface area contributed by atoms with E-state index in [1.54, 1.807) is 6.07 Å². The maximum atomic E-state index is 14.1. The molecule has 3 rings (SSSR count). The van der Waals surface area contributed by atoms with E-state index in [1.807, 2.05) is 0 Å². The molecule has 10 nitrogen and oxygen atoms in total. The third-order valence-corrected chi connectivity index (χ3v) is 6.63. The van der Waals surface area contributed by atoms with Gasteiger partial charge < -0.3 is 24.8 Å². The van der Waals surface area contributed by atoms with Crippen molar-refractivity contribution in [1.82, 2.24) is 15.1 Å². The van der Waals surface area contributed by atoms with Crippen LogP contribution < -0.4 is 5.32 Å². The van der Waals surface area contributed by atoms with Crippen molar-refractivity contribution in [2.24, 2.45) is 0 Å². The summed E-state index contributed by atoms with van der Waals surface area (Å²) >= 11 is 0. The highest BCUT2D eigenvalue weighted by Gasteiger charge is 2.56. The molecule has 1 aromatic rings. The van der Waals surface area contributed by atoms with Crippen molar-refractivity contribution in [2.75, 3.05) is 20.2 Å². The first-order chi connectivity index (χ1) is 16.6. The Hall–Kier alpha value is -3.21. The Labute approximate surface area is 203 Å². The number of hydrogen-bond acceptors (Lipinski definition) is 7. The molecule has 35 heavy (non-hydrogen) atoms. The summed E-state index contributed by atoms with van der Waals surface area (Å²) in [5.74, 6) is -2.43. The molecule has 2 aliphatic rings. The first-order valence-electron chi connectivity index (χ1n) is 11.7. The predicted octanol–water partition coefficient (Wildman–Crippen LogP) is 1.91. The van der Waals surface area contributed by atoms with Crippen LogP contribution in [0.2, 0.25) is 0 Å². The SMILES string of the molecule is COC(=O)[C@H]([C@@H](C)OC(C)=O)N(C(=O)O)C1(Cc2cccc(F)c2)CCCN1C(=O)C1CCCN1. The number of nitrogens with one attached hydrogen (secondary N) is 1. The molecule has 0 aliphatic carbocycles. The Morgan fingerprint density at radius 1 is 1.31 bits per heavy atom. The number of esters is 2. The van der Waals surface area contributed by atoms with E-state index in [9.17, 15) is 28.7 Å². The minimum Gasteiger partial charge on any atom is -0.467 e. The molecule has 2 aliphatic heterocycles. The Bertz CT molecular complexity index is 968. The Morgan fingerprint density at radius 2 is 2.06 bits per heavy atom. The van der Waals surface area contributed by atoms with E-state index < -0.39 is 47.7 Å².